The van der Waals surface area contributed by atoms with Crippen molar-refractivity contribution in [2.45, 2.75) is 0 Å². The van der Waals surface area contributed by atoms with E-state index in [1.165, 1.54) is 22.3 Å². The summed E-state index contributed by atoms with van der Waals surface area (Å²) in [5.74, 6) is 8.25. The fourth-order valence-electron chi connectivity index (χ4n) is 2.52. The lowest BCUT2D eigenvalue weighted by Crippen LogP contribution is -2.03. The highest BCUT2D eigenvalue weighted by molar-refractivity contribution is 5.63. The molecule has 4 aromatic rings. The number of benzene rings is 4. The summed E-state index contributed by atoms with van der Waals surface area (Å²) in [6, 6.07) is 41.6. The van der Waals surface area contributed by atoms with Crippen LogP contribution in [0.4, 0.5) is 0 Å². The van der Waals surface area contributed by atoms with Crippen LogP contribution >= 0.6 is 0 Å². The van der Waals surface area contributed by atoms with Crippen LogP contribution in [-0.4, -0.2) is 0 Å². The van der Waals surface area contributed by atoms with Gasteiger partial charge < -0.3 is 0 Å². The topological polar surface area (TPSA) is 61.3 Å². The highest BCUT2D eigenvalue weighted by atomic mass is 16.7. The van der Waals surface area contributed by atoms with Crippen molar-refractivity contribution in [3.8, 4) is 22.3 Å². The van der Waals surface area contributed by atoms with Crippen molar-refractivity contribution in [1.82, 2.24) is 0 Å². The maximum Gasteiger partial charge on any atom is -0.0184 e. The van der Waals surface area contributed by atoms with Crippen LogP contribution in [0.25, 0.3) is 22.3 Å². The van der Waals surface area contributed by atoms with Gasteiger partial charge >= 0.3 is 0 Å². The molecule has 0 heterocycles. The van der Waals surface area contributed by atoms with Crippen LogP contribution in [0, 0.1) is 0 Å². The molecule has 0 aliphatic heterocycles. The van der Waals surface area contributed by atoms with E-state index in [0.717, 1.165) is 0 Å². The fourth-order valence-corrected chi connectivity index (χ4v) is 2.52. The minimum Gasteiger partial charge on any atom is -0.220 e. The summed E-state index contributed by atoms with van der Waals surface area (Å²) in [4.78, 5) is 3.25. The third-order valence-electron chi connectivity index (χ3n) is 3.76. The largest absolute Gasteiger partial charge is 0.220 e. The molecular formula is C24H24N2O. The first-order chi connectivity index (χ1) is 13.3. The van der Waals surface area contributed by atoms with Crippen molar-refractivity contribution in [1.29, 1.82) is 0 Å². The Morgan fingerprint density at radius 1 is 0.333 bits per heavy atom. The van der Waals surface area contributed by atoms with Crippen molar-refractivity contribution in [3.05, 3.63) is 121 Å². The second-order valence-corrected chi connectivity index (χ2v) is 5.60. The average Bonchev–Trinajstić information content (AvgIpc) is 2.77. The van der Waals surface area contributed by atoms with Gasteiger partial charge in [-0.1, -0.05) is 121 Å². The molecule has 3 heteroatoms. The Morgan fingerprint density at radius 2 is 0.481 bits per heavy atom. The molecular weight excluding hydrogens is 332 g/mol. The van der Waals surface area contributed by atoms with E-state index in [9.17, 15) is 0 Å². The lowest BCUT2D eigenvalue weighted by Gasteiger charge is -1.98. The van der Waals surface area contributed by atoms with Gasteiger partial charge in [0, 0.05) is 0 Å². The van der Waals surface area contributed by atoms with E-state index in [2.05, 4.69) is 114 Å². The van der Waals surface area contributed by atoms with Crippen LogP contribution in [-0.2, 0) is 4.94 Å². The van der Waals surface area contributed by atoms with Gasteiger partial charge in [-0.25, -0.2) is 4.94 Å². The molecule has 0 bridgehead atoms. The number of hydrogen-bond donors (Lipinski definition) is 2. The van der Waals surface area contributed by atoms with Crippen molar-refractivity contribution in [2.24, 2.45) is 11.8 Å². The predicted molar refractivity (Wildman–Crippen MR) is 113 cm³/mol. The summed E-state index contributed by atoms with van der Waals surface area (Å²) < 4.78 is 0. The predicted octanol–water partition coefficient (Wildman–Crippen LogP) is 5.46. The van der Waals surface area contributed by atoms with Gasteiger partial charge in [0.25, 0.3) is 0 Å². The lowest BCUT2D eigenvalue weighted by atomic mass is 10.1. The molecule has 0 aliphatic carbocycles. The molecule has 0 radical (unpaired) electrons. The van der Waals surface area contributed by atoms with Gasteiger partial charge in [-0.3, -0.25) is 0 Å². The minimum atomic E-state index is 1.28. The molecule has 0 unspecified atom stereocenters. The Hall–Kier alpha value is -3.24. The van der Waals surface area contributed by atoms with E-state index in [4.69, 9.17) is 0 Å². The Labute approximate surface area is 160 Å². The van der Waals surface area contributed by atoms with Crippen LogP contribution in [0.15, 0.2) is 121 Å². The van der Waals surface area contributed by atoms with Gasteiger partial charge in [-0.2, -0.15) is 11.8 Å². The molecule has 0 spiro atoms. The Balaban J connectivity index is 0.000000170. The second kappa shape index (κ2) is 12.2. The van der Waals surface area contributed by atoms with Gasteiger partial charge in [-0.15, -0.1) is 0 Å². The van der Waals surface area contributed by atoms with Gasteiger partial charge in [0.1, 0.15) is 0 Å². The molecule has 0 amide bonds. The number of hydrogen-bond acceptors (Lipinski definition) is 3. The summed E-state index contributed by atoms with van der Waals surface area (Å²) in [5, 5.41) is 0. The van der Waals surface area contributed by atoms with Crippen molar-refractivity contribution >= 4 is 0 Å². The molecule has 0 aromatic heterocycles. The van der Waals surface area contributed by atoms with Gasteiger partial charge in [0.15, 0.2) is 0 Å². The highest BCUT2D eigenvalue weighted by Gasteiger charge is 1.92. The third-order valence-corrected chi connectivity index (χ3v) is 3.76. The SMILES string of the molecule is NON.c1ccc(-c2ccccc2)cc1.c1ccc(-c2ccccc2)cc1. The lowest BCUT2D eigenvalue weighted by molar-refractivity contribution is 0.142. The quantitative estimate of drug-likeness (QED) is 0.469. The zero-order valence-electron chi connectivity index (χ0n) is 15.1. The highest BCUT2D eigenvalue weighted by Crippen LogP contribution is 2.18. The zero-order valence-corrected chi connectivity index (χ0v) is 15.1. The minimum absolute atomic E-state index is 1.28. The number of nitrogens with two attached hydrogens (primary N) is 2. The van der Waals surface area contributed by atoms with E-state index < -0.39 is 0 Å². The first kappa shape index (κ1) is 20.1. The summed E-state index contributed by atoms with van der Waals surface area (Å²) in [6.07, 6.45) is 0. The maximum atomic E-state index is 4.12. The van der Waals surface area contributed by atoms with E-state index in [1.54, 1.807) is 0 Å². The second-order valence-electron chi connectivity index (χ2n) is 5.60. The molecule has 27 heavy (non-hydrogen) atoms. The molecule has 0 atom stereocenters. The fraction of sp³-hybridized carbons (Fsp3) is 0. The maximum absolute atomic E-state index is 4.12. The van der Waals surface area contributed by atoms with Crippen molar-refractivity contribution in [3.63, 3.8) is 0 Å². The van der Waals surface area contributed by atoms with Crippen LogP contribution in [0.1, 0.15) is 0 Å². The average molecular weight is 356 g/mol. The number of rotatable bonds is 2. The molecule has 4 aromatic carbocycles. The van der Waals surface area contributed by atoms with Gasteiger partial charge in [0.05, 0.1) is 0 Å². The molecule has 0 fully saturated rings. The normalized spacial score (nSPS) is 9.26. The molecule has 4 rings (SSSR count). The van der Waals surface area contributed by atoms with E-state index in [1.807, 2.05) is 24.3 Å². The smallest absolute Gasteiger partial charge is 0.0184 e. The van der Waals surface area contributed by atoms with Crippen LogP contribution < -0.4 is 11.8 Å². The Morgan fingerprint density at radius 3 is 0.630 bits per heavy atom. The summed E-state index contributed by atoms with van der Waals surface area (Å²) in [5.41, 5.74) is 5.10. The van der Waals surface area contributed by atoms with Crippen LogP contribution in [0.2, 0.25) is 0 Å². The summed E-state index contributed by atoms with van der Waals surface area (Å²) in [7, 11) is 0. The van der Waals surface area contributed by atoms with Gasteiger partial charge in [0.2, 0.25) is 0 Å². The molecule has 4 N–H and O–H groups in total. The Kier molecular flexibility index (Phi) is 9.05. The molecule has 3 nitrogen and oxygen atoms in total. The monoisotopic (exact) mass is 356 g/mol. The van der Waals surface area contributed by atoms with E-state index >= 15 is 0 Å². The summed E-state index contributed by atoms with van der Waals surface area (Å²) >= 11 is 0. The Bertz CT molecular complexity index is 702. The van der Waals surface area contributed by atoms with E-state index in [-0.39, 0.29) is 0 Å². The van der Waals surface area contributed by atoms with Crippen LogP contribution in [0.5, 0.6) is 0 Å². The molecule has 0 saturated heterocycles. The molecule has 136 valence electrons. The standard InChI is InChI=1S/2C12H10.H4N2O/c2*1-3-7-11(8-4-1)12-9-5-2-6-10-12;1-3-2/h2*1-10H;1-2H2. The van der Waals surface area contributed by atoms with Gasteiger partial charge in [-0.05, 0) is 22.3 Å². The van der Waals surface area contributed by atoms with E-state index in [0.29, 0.717) is 0 Å². The zero-order chi connectivity index (χ0) is 19.2. The molecule has 0 saturated carbocycles. The third kappa shape index (κ3) is 7.26. The first-order valence-corrected chi connectivity index (χ1v) is 8.61. The first-order valence-electron chi connectivity index (χ1n) is 8.61. The van der Waals surface area contributed by atoms with Crippen molar-refractivity contribution in [2.75, 3.05) is 0 Å². The molecule has 0 aliphatic rings. The van der Waals surface area contributed by atoms with Crippen LogP contribution in [0.3, 0.4) is 0 Å². The summed E-state index contributed by atoms with van der Waals surface area (Å²) in [6.45, 7) is 0. The van der Waals surface area contributed by atoms with Crippen molar-refractivity contribution < 1.29 is 4.94 Å².